The van der Waals surface area contributed by atoms with Gasteiger partial charge in [-0.05, 0) is 49.1 Å². The second kappa shape index (κ2) is 13.3. The first-order valence-corrected chi connectivity index (χ1v) is 13.2. The van der Waals surface area contributed by atoms with E-state index in [0.29, 0.717) is 18.7 Å². The number of ether oxygens (including phenoxy) is 1. The number of nitrogens with one attached hydrogen (secondary N) is 1. The Bertz CT molecular complexity index is 1070. The molecular formula is C26H37N3O5S. The molecule has 0 aliphatic carbocycles. The van der Waals surface area contributed by atoms with Crippen LogP contribution in [-0.2, 0) is 26.2 Å². The highest BCUT2D eigenvalue weighted by Gasteiger charge is 2.27. The van der Waals surface area contributed by atoms with Crippen molar-refractivity contribution in [3.8, 4) is 5.75 Å². The van der Waals surface area contributed by atoms with Crippen LogP contribution in [0.15, 0.2) is 59.5 Å². The van der Waals surface area contributed by atoms with Gasteiger partial charge in [-0.15, -0.1) is 0 Å². The first-order chi connectivity index (χ1) is 16.6. The minimum Gasteiger partial charge on any atom is -0.497 e. The molecule has 0 aromatic heterocycles. The molecule has 0 aliphatic heterocycles. The Kier molecular flexibility index (Phi) is 10.7. The maximum atomic E-state index is 13.2. The number of carbonyl (C=O) groups is 2. The van der Waals surface area contributed by atoms with Gasteiger partial charge in [-0.2, -0.15) is 0 Å². The lowest BCUT2D eigenvalue weighted by molar-refractivity contribution is -0.140. The van der Waals surface area contributed by atoms with Crippen LogP contribution in [-0.4, -0.2) is 62.7 Å². The summed E-state index contributed by atoms with van der Waals surface area (Å²) < 4.78 is 32.0. The van der Waals surface area contributed by atoms with E-state index in [0.717, 1.165) is 5.56 Å². The fourth-order valence-corrected chi connectivity index (χ4v) is 4.72. The molecule has 0 heterocycles. The van der Waals surface area contributed by atoms with Gasteiger partial charge < -0.3 is 15.0 Å². The second-order valence-corrected chi connectivity index (χ2v) is 11.0. The maximum Gasteiger partial charge on any atom is 0.242 e. The Hall–Kier alpha value is -2.91. The Morgan fingerprint density at radius 1 is 1.03 bits per heavy atom. The number of hydrogen-bond acceptors (Lipinski definition) is 5. The van der Waals surface area contributed by atoms with Crippen LogP contribution < -0.4 is 10.1 Å². The Morgan fingerprint density at radius 3 is 2.34 bits per heavy atom. The third-order valence-corrected chi connectivity index (χ3v) is 7.53. The SMILES string of the molecule is COc1cccc(CN(C(=O)CCCN(C)S(=O)(=O)c2ccccc2)[C@@H](C)C(=O)NCC(C)C)c1. The smallest absolute Gasteiger partial charge is 0.242 e. The molecule has 1 N–H and O–H groups in total. The molecule has 1 atom stereocenters. The molecule has 0 saturated heterocycles. The van der Waals surface area contributed by atoms with Gasteiger partial charge in [0.15, 0.2) is 0 Å². The number of methoxy groups -OCH3 is 1. The molecule has 0 unspecified atom stereocenters. The highest BCUT2D eigenvalue weighted by Crippen LogP contribution is 2.18. The summed E-state index contributed by atoms with van der Waals surface area (Å²) in [7, 11) is -0.552. The molecule has 2 aromatic rings. The Morgan fingerprint density at radius 2 is 1.71 bits per heavy atom. The molecule has 2 aromatic carbocycles. The lowest BCUT2D eigenvalue weighted by Crippen LogP contribution is -2.48. The van der Waals surface area contributed by atoms with Crippen LogP contribution in [0.25, 0.3) is 0 Å². The summed E-state index contributed by atoms with van der Waals surface area (Å²) in [6.07, 6.45) is 0.441. The van der Waals surface area contributed by atoms with E-state index < -0.39 is 16.1 Å². The number of hydrogen-bond donors (Lipinski definition) is 1. The van der Waals surface area contributed by atoms with Crippen molar-refractivity contribution < 1.29 is 22.7 Å². The zero-order valence-corrected chi connectivity index (χ0v) is 22.0. The van der Waals surface area contributed by atoms with Crippen molar-refractivity contribution >= 4 is 21.8 Å². The van der Waals surface area contributed by atoms with Crippen molar-refractivity contribution in [3.05, 3.63) is 60.2 Å². The normalized spacial score (nSPS) is 12.4. The molecule has 0 aliphatic rings. The van der Waals surface area contributed by atoms with Crippen LogP contribution >= 0.6 is 0 Å². The number of rotatable bonds is 13. The van der Waals surface area contributed by atoms with Crippen molar-refractivity contribution in [2.75, 3.05) is 27.2 Å². The molecule has 2 amide bonds. The van der Waals surface area contributed by atoms with E-state index in [1.54, 1.807) is 44.4 Å². The maximum absolute atomic E-state index is 13.2. The average Bonchev–Trinajstić information content (AvgIpc) is 2.85. The first kappa shape index (κ1) is 28.3. The van der Waals surface area contributed by atoms with E-state index in [-0.39, 0.29) is 42.1 Å². The summed E-state index contributed by atoms with van der Waals surface area (Å²) >= 11 is 0. The number of sulfonamides is 1. The van der Waals surface area contributed by atoms with E-state index >= 15 is 0 Å². The monoisotopic (exact) mass is 503 g/mol. The quantitative estimate of drug-likeness (QED) is 0.453. The van der Waals surface area contributed by atoms with Crippen LogP contribution in [0.2, 0.25) is 0 Å². The standard InChI is InChI=1S/C26H37N3O5S/c1-20(2)18-27-26(31)21(3)29(19-22-11-9-12-23(17-22)34-5)25(30)15-10-16-28(4)35(32,33)24-13-7-6-8-14-24/h6-9,11-14,17,20-21H,10,15-16,18-19H2,1-5H3,(H,27,31)/t21-/m0/s1. The van der Waals surface area contributed by atoms with Gasteiger partial charge in [0, 0.05) is 33.1 Å². The first-order valence-electron chi connectivity index (χ1n) is 11.8. The lowest BCUT2D eigenvalue weighted by Gasteiger charge is -2.29. The van der Waals surface area contributed by atoms with Crippen LogP contribution in [0.3, 0.4) is 0 Å². The van der Waals surface area contributed by atoms with Crippen molar-refractivity contribution in [1.29, 1.82) is 0 Å². The molecular weight excluding hydrogens is 466 g/mol. The summed E-state index contributed by atoms with van der Waals surface area (Å²) in [5.74, 6) is 0.514. The predicted molar refractivity (Wildman–Crippen MR) is 136 cm³/mol. The summed E-state index contributed by atoms with van der Waals surface area (Å²) in [6, 6.07) is 14.9. The summed E-state index contributed by atoms with van der Waals surface area (Å²) in [6.45, 7) is 6.66. The van der Waals surface area contributed by atoms with Gasteiger partial charge in [0.25, 0.3) is 0 Å². The highest BCUT2D eigenvalue weighted by molar-refractivity contribution is 7.89. The average molecular weight is 504 g/mol. The van der Waals surface area contributed by atoms with E-state index in [1.165, 1.54) is 16.3 Å². The van der Waals surface area contributed by atoms with Gasteiger partial charge in [0.1, 0.15) is 11.8 Å². The molecule has 0 bridgehead atoms. The minimum atomic E-state index is -3.63. The van der Waals surface area contributed by atoms with Crippen molar-refractivity contribution in [1.82, 2.24) is 14.5 Å². The third-order valence-electron chi connectivity index (χ3n) is 5.65. The van der Waals surface area contributed by atoms with Crippen LogP contribution in [0.1, 0.15) is 39.2 Å². The highest BCUT2D eigenvalue weighted by atomic mass is 32.2. The van der Waals surface area contributed by atoms with E-state index in [2.05, 4.69) is 5.32 Å². The van der Waals surface area contributed by atoms with Gasteiger partial charge in [-0.3, -0.25) is 9.59 Å². The van der Waals surface area contributed by atoms with Gasteiger partial charge in [0.2, 0.25) is 21.8 Å². The van der Waals surface area contributed by atoms with Crippen LogP contribution in [0, 0.1) is 5.92 Å². The zero-order valence-electron chi connectivity index (χ0n) is 21.2. The van der Waals surface area contributed by atoms with E-state index in [1.807, 2.05) is 38.1 Å². The van der Waals surface area contributed by atoms with Gasteiger partial charge in [-0.25, -0.2) is 12.7 Å². The van der Waals surface area contributed by atoms with Gasteiger partial charge >= 0.3 is 0 Å². The molecule has 0 fully saturated rings. The van der Waals surface area contributed by atoms with E-state index in [4.69, 9.17) is 4.74 Å². The molecule has 192 valence electrons. The van der Waals surface area contributed by atoms with Crippen molar-refractivity contribution in [2.24, 2.45) is 5.92 Å². The molecule has 0 saturated carbocycles. The Labute approximate surface area is 209 Å². The number of amides is 2. The second-order valence-electron chi connectivity index (χ2n) is 8.93. The van der Waals surface area contributed by atoms with Crippen LogP contribution in [0.4, 0.5) is 0 Å². The Balaban J connectivity index is 2.09. The number of benzene rings is 2. The summed E-state index contributed by atoms with van der Waals surface area (Å²) in [5.41, 5.74) is 0.838. The summed E-state index contributed by atoms with van der Waals surface area (Å²) in [4.78, 5) is 27.7. The molecule has 2 rings (SSSR count). The number of carbonyl (C=O) groups excluding carboxylic acids is 2. The molecule has 8 nitrogen and oxygen atoms in total. The molecule has 35 heavy (non-hydrogen) atoms. The number of nitrogens with zero attached hydrogens (tertiary/aromatic N) is 2. The van der Waals surface area contributed by atoms with Crippen LogP contribution in [0.5, 0.6) is 5.75 Å². The third kappa shape index (κ3) is 8.36. The molecule has 0 spiro atoms. The van der Waals surface area contributed by atoms with Gasteiger partial charge in [-0.1, -0.05) is 44.2 Å². The van der Waals surface area contributed by atoms with Crippen molar-refractivity contribution in [2.45, 2.75) is 51.1 Å². The minimum absolute atomic E-state index is 0.112. The fourth-order valence-electron chi connectivity index (χ4n) is 3.49. The lowest BCUT2D eigenvalue weighted by atomic mass is 10.1. The summed E-state index contributed by atoms with van der Waals surface area (Å²) in [5, 5.41) is 2.89. The topological polar surface area (TPSA) is 96.0 Å². The van der Waals surface area contributed by atoms with Crippen molar-refractivity contribution in [3.63, 3.8) is 0 Å². The van der Waals surface area contributed by atoms with Gasteiger partial charge in [0.05, 0.1) is 12.0 Å². The largest absolute Gasteiger partial charge is 0.497 e. The molecule has 9 heteroatoms. The molecule has 0 radical (unpaired) electrons. The van der Waals surface area contributed by atoms with E-state index in [9.17, 15) is 18.0 Å². The zero-order chi connectivity index (χ0) is 26.0. The predicted octanol–water partition coefficient (Wildman–Crippen LogP) is 3.29. The fraction of sp³-hybridized carbons (Fsp3) is 0.462.